The highest BCUT2D eigenvalue weighted by Gasteiger charge is 2.06. The van der Waals surface area contributed by atoms with Gasteiger partial charge in [0.1, 0.15) is 0 Å². The molecule has 1 unspecified atom stereocenters. The maximum absolute atomic E-state index is 9.61. The molecule has 0 aliphatic heterocycles. The zero-order valence-electron chi connectivity index (χ0n) is 10.3. The average molecular weight is 247 g/mol. The van der Waals surface area contributed by atoms with Crippen LogP contribution in [0, 0.1) is 0 Å². The summed E-state index contributed by atoms with van der Waals surface area (Å²) in [7, 11) is 1.56. The van der Waals surface area contributed by atoms with Gasteiger partial charge in [-0.2, -0.15) is 0 Å². The predicted octanol–water partition coefficient (Wildman–Crippen LogP) is 1.24. The Morgan fingerprint density at radius 3 is 3.00 bits per heavy atom. The second-order valence-corrected chi connectivity index (χ2v) is 4.11. The van der Waals surface area contributed by atoms with Gasteiger partial charge >= 0.3 is 0 Å². The van der Waals surface area contributed by atoms with Gasteiger partial charge in [-0.3, -0.25) is 4.98 Å². The first-order chi connectivity index (χ1) is 8.72. The SMILES string of the molecule is COCC(O)CNc1ccc(N)c2cnccc12. The van der Waals surface area contributed by atoms with Crippen molar-refractivity contribution in [2.24, 2.45) is 0 Å². The van der Waals surface area contributed by atoms with E-state index in [2.05, 4.69) is 10.3 Å². The van der Waals surface area contributed by atoms with Crippen LogP contribution in [0.5, 0.6) is 0 Å². The van der Waals surface area contributed by atoms with Crippen LogP contribution in [-0.2, 0) is 4.74 Å². The lowest BCUT2D eigenvalue weighted by atomic mass is 10.1. The molecule has 1 atom stereocenters. The van der Waals surface area contributed by atoms with E-state index in [1.54, 1.807) is 19.5 Å². The van der Waals surface area contributed by atoms with Gasteiger partial charge in [-0.15, -0.1) is 0 Å². The molecule has 5 nitrogen and oxygen atoms in total. The maximum Gasteiger partial charge on any atom is 0.0945 e. The van der Waals surface area contributed by atoms with Crippen molar-refractivity contribution in [1.82, 2.24) is 4.98 Å². The molecule has 2 rings (SSSR count). The molecule has 0 saturated carbocycles. The number of pyridine rings is 1. The van der Waals surface area contributed by atoms with E-state index in [0.717, 1.165) is 16.5 Å². The first kappa shape index (κ1) is 12.6. The van der Waals surface area contributed by atoms with E-state index in [4.69, 9.17) is 10.5 Å². The fourth-order valence-corrected chi connectivity index (χ4v) is 1.85. The van der Waals surface area contributed by atoms with Crippen molar-refractivity contribution in [2.75, 3.05) is 31.3 Å². The topological polar surface area (TPSA) is 80.4 Å². The maximum atomic E-state index is 9.61. The summed E-state index contributed by atoms with van der Waals surface area (Å²) in [6.07, 6.45) is 2.92. The van der Waals surface area contributed by atoms with Crippen LogP contribution in [0.2, 0.25) is 0 Å². The van der Waals surface area contributed by atoms with E-state index in [-0.39, 0.29) is 0 Å². The van der Waals surface area contributed by atoms with Crippen molar-refractivity contribution in [2.45, 2.75) is 6.10 Å². The lowest BCUT2D eigenvalue weighted by Gasteiger charge is -2.14. The van der Waals surface area contributed by atoms with E-state index >= 15 is 0 Å². The summed E-state index contributed by atoms with van der Waals surface area (Å²) in [5.41, 5.74) is 7.51. The summed E-state index contributed by atoms with van der Waals surface area (Å²) in [5, 5.41) is 14.7. The molecule has 0 aliphatic carbocycles. The average Bonchev–Trinajstić information content (AvgIpc) is 2.39. The van der Waals surface area contributed by atoms with Crippen LogP contribution in [0.3, 0.4) is 0 Å². The molecule has 1 heterocycles. The third-order valence-corrected chi connectivity index (χ3v) is 2.74. The number of hydrogen-bond acceptors (Lipinski definition) is 5. The van der Waals surface area contributed by atoms with Crippen LogP contribution in [0.15, 0.2) is 30.6 Å². The highest BCUT2D eigenvalue weighted by Crippen LogP contribution is 2.27. The number of methoxy groups -OCH3 is 1. The van der Waals surface area contributed by atoms with Crippen molar-refractivity contribution < 1.29 is 9.84 Å². The smallest absolute Gasteiger partial charge is 0.0945 e. The number of nitrogens with one attached hydrogen (secondary N) is 1. The number of nitrogens with two attached hydrogens (primary N) is 1. The summed E-state index contributed by atoms with van der Waals surface area (Å²) in [6, 6.07) is 5.63. The Balaban J connectivity index is 2.21. The standard InChI is InChI=1S/C13H17N3O2/c1-18-8-9(17)6-16-13-3-2-12(14)11-7-15-5-4-10(11)13/h2-5,7,9,16-17H,6,8,14H2,1H3. The molecule has 0 radical (unpaired) electrons. The lowest BCUT2D eigenvalue weighted by Crippen LogP contribution is -2.24. The zero-order valence-corrected chi connectivity index (χ0v) is 10.3. The number of anilines is 2. The number of fused-ring (bicyclic) bond motifs is 1. The van der Waals surface area contributed by atoms with Crippen molar-refractivity contribution >= 4 is 22.1 Å². The molecule has 0 spiro atoms. The van der Waals surface area contributed by atoms with Crippen molar-refractivity contribution in [3.8, 4) is 0 Å². The van der Waals surface area contributed by atoms with E-state index in [1.807, 2.05) is 18.2 Å². The third kappa shape index (κ3) is 2.69. The van der Waals surface area contributed by atoms with Crippen LogP contribution in [-0.4, -0.2) is 36.5 Å². The van der Waals surface area contributed by atoms with E-state index in [9.17, 15) is 5.11 Å². The second kappa shape index (κ2) is 5.66. The van der Waals surface area contributed by atoms with Crippen molar-refractivity contribution in [3.63, 3.8) is 0 Å². The summed E-state index contributed by atoms with van der Waals surface area (Å²) in [5.74, 6) is 0. The number of nitrogens with zero attached hydrogens (tertiary/aromatic N) is 1. The highest BCUT2D eigenvalue weighted by atomic mass is 16.5. The Bertz CT molecular complexity index is 531. The molecular weight excluding hydrogens is 230 g/mol. The van der Waals surface area contributed by atoms with E-state index < -0.39 is 6.10 Å². The van der Waals surface area contributed by atoms with Gasteiger partial charge in [-0.1, -0.05) is 0 Å². The Hall–Kier alpha value is -1.85. The number of aliphatic hydroxyl groups is 1. The number of hydrogen-bond donors (Lipinski definition) is 3. The normalized spacial score (nSPS) is 12.6. The first-order valence-corrected chi connectivity index (χ1v) is 5.75. The zero-order chi connectivity index (χ0) is 13.0. The minimum absolute atomic E-state index is 0.307. The quantitative estimate of drug-likeness (QED) is 0.693. The number of aliphatic hydroxyl groups excluding tert-OH is 1. The minimum atomic E-state index is -0.538. The molecular formula is C13H17N3O2. The molecule has 4 N–H and O–H groups in total. The number of rotatable bonds is 5. The fraction of sp³-hybridized carbons (Fsp3) is 0.308. The van der Waals surface area contributed by atoms with Crippen molar-refractivity contribution in [3.05, 3.63) is 30.6 Å². The molecule has 0 saturated heterocycles. The molecule has 0 aliphatic rings. The monoisotopic (exact) mass is 247 g/mol. The minimum Gasteiger partial charge on any atom is -0.398 e. The Morgan fingerprint density at radius 2 is 2.22 bits per heavy atom. The summed E-state index contributed by atoms with van der Waals surface area (Å²) >= 11 is 0. The van der Waals surface area contributed by atoms with Crippen LogP contribution in [0.25, 0.3) is 10.8 Å². The molecule has 0 amide bonds. The van der Waals surface area contributed by atoms with Crippen molar-refractivity contribution in [1.29, 1.82) is 0 Å². The Kier molecular flexibility index (Phi) is 3.96. The first-order valence-electron chi connectivity index (χ1n) is 5.75. The van der Waals surface area contributed by atoms with Crippen LogP contribution >= 0.6 is 0 Å². The van der Waals surface area contributed by atoms with Crippen LogP contribution in [0.1, 0.15) is 0 Å². The Labute approximate surface area is 106 Å². The number of aromatic nitrogens is 1. The fourth-order valence-electron chi connectivity index (χ4n) is 1.85. The second-order valence-electron chi connectivity index (χ2n) is 4.11. The van der Waals surface area contributed by atoms with Gasteiger partial charge in [-0.05, 0) is 18.2 Å². The number of ether oxygens (including phenoxy) is 1. The van der Waals surface area contributed by atoms with Gasteiger partial charge in [0.15, 0.2) is 0 Å². The molecule has 0 bridgehead atoms. The van der Waals surface area contributed by atoms with Gasteiger partial charge in [0.2, 0.25) is 0 Å². The summed E-state index contributed by atoms with van der Waals surface area (Å²) < 4.78 is 4.88. The number of benzene rings is 1. The van der Waals surface area contributed by atoms with E-state index in [0.29, 0.717) is 18.8 Å². The van der Waals surface area contributed by atoms with Crippen LogP contribution in [0.4, 0.5) is 11.4 Å². The van der Waals surface area contributed by atoms with Gasteiger partial charge in [0.25, 0.3) is 0 Å². The highest BCUT2D eigenvalue weighted by molar-refractivity contribution is 6.00. The largest absolute Gasteiger partial charge is 0.398 e. The van der Waals surface area contributed by atoms with Gasteiger partial charge < -0.3 is 20.9 Å². The molecule has 18 heavy (non-hydrogen) atoms. The molecule has 1 aromatic heterocycles. The predicted molar refractivity (Wildman–Crippen MR) is 72.5 cm³/mol. The Morgan fingerprint density at radius 1 is 1.39 bits per heavy atom. The molecule has 1 aromatic carbocycles. The van der Waals surface area contributed by atoms with Crippen LogP contribution < -0.4 is 11.1 Å². The molecule has 0 fully saturated rings. The summed E-state index contributed by atoms with van der Waals surface area (Å²) in [4.78, 5) is 4.06. The molecule has 96 valence electrons. The van der Waals surface area contributed by atoms with Gasteiger partial charge in [0.05, 0.1) is 12.7 Å². The third-order valence-electron chi connectivity index (χ3n) is 2.74. The van der Waals surface area contributed by atoms with Gasteiger partial charge in [0, 0.05) is 48.2 Å². The van der Waals surface area contributed by atoms with Gasteiger partial charge in [-0.25, -0.2) is 0 Å². The van der Waals surface area contributed by atoms with E-state index in [1.165, 1.54) is 0 Å². The molecule has 2 aromatic rings. The summed E-state index contributed by atoms with van der Waals surface area (Å²) in [6.45, 7) is 0.733. The lowest BCUT2D eigenvalue weighted by molar-refractivity contribution is 0.0728. The molecule has 5 heteroatoms. The number of nitrogen functional groups attached to an aromatic ring is 1.